The van der Waals surface area contributed by atoms with Crippen molar-refractivity contribution in [2.24, 2.45) is 0 Å². The van der Waals surface area contributed by atoms with Crippen molar-refractivity contribution in [1.29, 1.82) is 0 Å². The predicted octanol–water partition coefficient (Wildman–Crippen LogP) is 21.0. The van der Waals surface area contributed by atoms with Gasteiger partial charge in [0.1, 0.15) is 0 Å². The minimum atomic E-state index is 1.14. The summed E-state index contributed by atoms with van der Waals surface area (Å²) in [4.78, 5) is 0. The lowest BCUT2D eigenvalue weighted by Gasteiger charge is -2.13. The van der Waals surface area contributed by atoms with E-state index in [9.17, 15) is 0 Å². The molecule has 0 N–H and O–H groups in total. The molecule has 368 valence electrons. The molecule has 0 unspecified atom stereocenters. The standard InChI is InChI=1S/C78H56/c1-5-19-57(20-6-1)63-33-43-67(44-34-63)77(68-45-35-64(36-46-68)58-21-7-2-8-22-58)55-73-31-15-13-27-61(73)41-51-75-53-71-29-17-18-30-72(71)54-76(75)52-42-62-28-14-16-32-74(62)56-78(69-47-37-65(38-48-69)59-23-9-3-10-24-59)70-49-39-66(40-50-70)60-25-11-4-12-26-60/h1-56H/b51-41-,52-42?. The Balaban J connectivity index is 0.904. The second-order valence-corrected chi connectivity index (χ2v) is 19.6. The SMILES string of the molecule is C(=Cc1cc2ccccc2cc1/C=C\c1ccccc1C=C(c1ccc(-c2ccccc2)cc1)c1ccc(-c2ccccc2)cc1)c1ccccc1C=C(c1ccc(-c2ccccc2)cc1)c1ccc(-c2ccccc2)cc1. The molecule has 0 atom stereocenters. The van der Waals surface area contributed by atoms with Gasteiger partial charge in [0.05, 0.1) is 0 Å². The molecule has 0 heterocycles. The number of benzene rings is 12. The van der Waals surface area contributed by atoms with Gasteiger partial charge in [0.15, 0.2) is 0 Å². The molecule has 0 amide bonds. The lowest BCUT2D eigenvalue weighted by molar-refractivity contribution is 1.53. The number of fused-ring (bicyclic) bond motifs is 1. The van der Waals surface area contributed by atoms with Crippen molar-refractivity contribution in [3.05, 3.63) is 359 Å². The van der Waals surface area contributed by atoms with E-state index in [2.05, 4.69) is 340 Å². The van der Waals surface area contributed by atoms with Crippen molar-refractivity contribution < 1.29 is 0 Å². The summed E-state index contributed by atoms with van der Waals surface area (Å²) < 4.78 is 0. The van der Waals surface area contributed by atoms with Gasteiger partial charge in [0, 0.05) is 0 Å². The molecule has 0 spiro atoms. The fourth-order valence-electron chi connectivity index (χ4n) is 10.4. The van der Waals surface area contributed by atoms with Crippen LogP contribution in [0.4, 0.5) is 0 Å². The van der Waals surface area contributed by atoms with Crippen LogP contribution in [0, 0.1) is 0 Å². The largest absolute Gasteiger partial charge is 0.0622 e. The maximum atomic E-state index is 2.35. The zero-order valence-corrected chi connectivity index (χ0v) is 43.3. The molecule has 0 saturated heterocycles. The van der Waals surface area contributed by atoms with E-state index in [1.807, 2.05) is 0 Å². The van der Waals surface area contributed by atoms with Crippen LogP contribution < -0.4 is 0 Å². The van der Waals surface area contributed by atoms with Gasteiger partial charge in [-0.05, 0) is 146 Å². The highest BCUT2D eigenvalue weighted by Crippen LogP contribution is 2.35. The molecule has 0 saturated carbocycles. The fourth-order valence-corrected chi connectivity index (χ4v) is 10.4. The minimum Gasteiger partial charge on any atom is -0.0622 e. The normalized spacial score (nSPS) is 11.2. The molecule has 78 heavy (non-hydrogen) atoms. The maximum absolute atomic E-state index is 2.35. The smallest absolute Gasteiger partial charge is 0.0105 e. The van der Waals surface area contributed by atoms with Gasteiger partial charge >= 0.3 is 0 Å². The minimum absolute atomic E-state index is 1.14. The Morgan fingerprint density at radius 2 is 0.397 bits per heavy atom. The molecule has 12 rings (SSSR count). The van der Waals surface area contributed by atoms with Crippen LogP contribution in [0.25, 0.3) is 103 Å². The van der Waals surface area contributed by atoms with Crippen LogP contribution in [0.5, 0.6) is 0 Å². The van der Waals surface area contributed by atoms with Gasteiger partial charge in [0.25, 0.3) is 0 Å². The molecule has 0 bridgehead atoms. The van der Waals surface area contributed by atoms with Gasteiger partial charge in [-0.25, -0.2) is 0 Å². The molecule has 0 aliphatic rings. The van der Waals surface area contributed by atoms with Crippen molar-refractivity contribution in [3.63, 3.8) is 0 Å². The number of hydrogen-bond acceptors (Lipinski definition) is 0. The Bertz CT molecular complexity index is 3640. The first-order chi connectivity index (χ1) is 38.6. The highest BCUT2D eigenvalue weighted by molar-refractivity contribution is 5.97. The third-order valence-corrected chi connectivity index (χ3v) is 14.6. The third kappa shape index (κ3) is 11.3. The Morgan fingerprint density at radius 3 is 0.679 bits per heavy atom. The molecule has 0 aliphatic heterocycles. The van der Waals surface area contributed by atoms with Gasteiger partial charge in [-0.2, -0.15) is 0 Å². The summed E-state index contributed by atoms with van der Waals surface area (Å²) in [5, 5.41) is 2.40. The molecule has 0 nitrogen and oxygen atoms in total. The Kier molecular flexibility index (Phi) is 14.5. The van der Waals surface area contributed by atoms with Crippen LogP contribution in [0.3, 0.4) is 0 Å². The second kappa shape index (κ2) is 23.2. The Labute approximate surface area is 459 Å². The van der Waals surface area contributed by atoms with E-state index in [1.54, 1.807) is 0 Å². The van der Waals surface area contributed by atoms with Crippen LogP contribution in [0.2, 0.25) is 0 Å². The summed E-state index contributed by atoms with van der Waals surface area (Å²) >= 11 is 0. The van der Waals surface area contributed by atoms with E-state index in [1.165, 1.54) is 55.3 Å². The van der Waals surface area contributed by atoms with Gasteiger partial charge in [-0.15, -0.1) is 0 Å². The van der Waals surface area contributed by atoms with E-state index in [0.717, 1.165) is 66.8 Å². The first-order valence-corrected chi connectivity index (χ1v) is 26.8. The third-order valence-electron chi connectivity index (χ3n) is 14.6. The second-order valence-electron chi connectivity index (χ2n) is 19.6. The van der Waals surface area contributed by atoms with Crippen molar-refractivity contribution in [2.45, 2.75) is 0 Å². The van der Waals surface area contributed by atoms with Crippen molar-refractivity contribution in [1.82, 2.24) is 0 Å². The van der Waals surface area contributed by atoms with Crippen LogP contribution in [-0.4, -0.2) is 0 Å². The molecular weight excluding hydrogens is 937 g/mol. The summed E-state index contributed by atoms with van der Waals surface area (Å²) in [6.45, 7) is 0. The van der Waals surface area contributed by atoms with Crippen LogP contribution in [0.1, 0.15) is 55.6 Å². The van der Waals surface area contributed by atoms with Gasteiger partial charge in [0.2, 0.25) is 0 Å². The average Bonchev–Trinajstić information content (AvgIpc) is 3.54. The summed E-state index contributed by atoms with van der Waals surface area (Å²) in [5.74, 6) is 0. The highest BCUT2D eigenvalue weighted by Gasteiger charge is 2.12. The van der Waals surface area contributed by atoms with E-state index in [0.29, 0.717) is 0 Å². The van der Waals surface area contributed by atoms with E-state index in [4.69, 9.17) is 0 Å². The molecule has 0 fully saturated rings. The van der Waals surface area contributed by atoms with Crippen molar-refractivity contribution in [3.8, 4) is 44.5 Å². The van der Waals surface area contributed by atoms with Gasteiger partial charge < -0.3 is 0 Å². The quantitative estimate of drug-likeness (QED) is 0.0953. The summed E-state index contributed by atoms with van der Waals surface area (Å²) in [6, 6.07) is 109. The average molecular weight is 993 g/mol. The monoisotopic (exact) mass is 992 g/mol. The molecule has 12 aromatic carbocycles. The Morgan fingerprint density at radius 1 is 0.179 bits per heavy atom. The topological polar surface area (TPSA) is 0 Å². The maximum Gasteiger partial charge on any atom is -0.0105 e. The zero-order chi connectivity index (χ0) is 52.3. The molecule has 0 aromatic heterocycles. The summed E-state index contributed by atoms with van der Waals surface area (Å²) in [5.41, 5.74) is 23.4. The highest BCUT2D eigenvalue weighted by atomic mass is 14.2. The first kappa shape index (κ1) is 48.8. The lowest BCUT2D eigenvalue weighted by Crippen LogP contribution is -1.91. The molecular formula is C78H56. The molecule has 12 aromatic rings. The zero-order valence-electron chi connectivity index (χ0n) is 43.3. The van der Waals surface area contributed by atoms with Gasteiger partial charge in [-0.1, -0.05) is 315 Å². The molecule has 0 heteroatoms. The summed E-state index contributed by atoms with van der Waals surface area (Å²) in [6.07, 6.45) is 13.8. The van der Waals surface area contributed by atoms with Crippen LogP contribution >= 0.6 is 0 Å². The fraction of sp³-hybridized carbons (Fsp3) is 0. The van der Waals surface area contributed by atoms with Gasteiger partial charge in [-0.3, -0.25) is 0 Å². The van der Waals surface area contributed by atoms with E-state index >= 15 is 0 Å². The molecule has 0 radical (unpaired) electrons. The molecule has 0 aliphatic carbocycles. The van der Waals surface area contributed by atoms with Crippen LogP contribution in [-0.2, 0) is 0 Å². The number of hydrogen-bond donors (Lipinski definition) is 0. The predicted molar refractivity (Wildman–Crippen MR) is 336 cm³/mol. The summed E-state index contributed by atoms with van der Waals surface area (Å²) in [7, 11) is 0. The van der Waals surface area contributed by atoms with E-state index in [-0.39, 0.29) is 0 Å². The van der Waals surface area contributed by atoms with E-state index < -0.39 is 0 Å². The first-order valence-electron chi connectivity index (χ1n) is 26.8. The van der Waals surface area contributed by atoms with Crippen molar-refractivity contribution in [2.75, 3.05) is 0 Å². The van der Waals surface area contributed by atoms with Crippen molar-refractivity contribution >= 4 is 58.4 Å². The Hall–Kier alpha value is -10.1. The van der Waals surface area contributed by atoms with Crippen LogP contribution in [0.15, 0.2) is 303 Å². The number of rotatable bonds is 14. The lowest BCUT2D eigenvalue weighted by atomic mass is 9.91.